The average molecular weight is 270 g/mol. The van der Waals surface area contributed by atoms with E-state index in [0.29, 0.717) is 17.9 Å². The molecule has 4 nitrogen and oxygen atoms in total. The Morgan fingerprint density at radius 2 is 2.21 bits per heavy atom. The molecular formula is C12H13F3N4. The Hall–Kier alpha value is -1.63. The monoisotopic (exact) mass is 270 g/mol. The van der Waals surface area contributed by atoms with Crippen molar-refractivity contribution in [3.05, 3.63) is 17.8 Å². The van der Waals surface area contributed by atoms with Gasteiger partial charge in [0.2, 0.25) is 0 Å². The number of hydrogen-bond donors (Lipinski definition) is 1. The summed E-state index contributed by atoms with van der Waals surface area (Å²) >= 11 is 0. The molecule has 0 aromatic carbocycles. The summed E-state index contributed by atoms with van der Waals surface area (Å²) in [4.78, 5) is 10.2. The van der Waals surface area contributed by atoms with Gasteiger partial charge >= 0.3 is 6.18 Å². The predicted octanol–water partition coefficient (Wildman–Crippen LogP) is 1.98. The van der Waals surface area contributed by atoms with Crippen LogP contribution in [0.25, 0.3) is 0 Å². The number of aliphatic imine (C=N–C) groups is 1. The molecule has 1 saturated heterocycles. The lowest BCUT2D eigenvalue weighted by molar-refractivity contribution is -0.137. The summed E-state index contributed by atoms with van der Waals surface area (Å²) in [7, 11) is 0. The quantitative estimate of drug-likeness (QED) is 0.783. The molecule has 1 fully saturated rings. The molecule has 1 aromatic rings. The fourth-order valence-electron chi connectivity index (χ4n) is 2.44. The molecule has 3 rings (SSSR count). The first-order valence-corrected chi connectivity index (χ1v) is 6.13. The van der Waals surface area contributed by atoms with E-state index in [1.54, 1.807) is 6.21 Å². The average Bonchev–Trinajstić information content (AvgIpc) is 2.56. The summed E-state index contributed by atoms with van der Waals surface area (Å²) in [5.74, 6) is 0.549. The highest BCUT2D eigenvalue weighted by Gasteiger charge is 2.33. The standard InChI is InChI=1S/C12H13F3N4/c13-12(14,15)8-5-10-11(18-6-8)19-4-3-16-7-9(19)1-2-17-10/h2,5-6,9,16H,1,3-4,7H2. The molecule has 1 unspecified atom stereocenters. The third kappa shape index (κ3) is 2.30. The third-order valence-corrected chi connectivity index (χ3v) is 3.40. The second-order valence-electron chi connectivity index (χ2n) is 4.66. The van der Waals surface area contributed by atoms with E-state index in [0.717, 1.165) is 31.9 Å². The molecular weight excluding hydrogens is 257 g/mol. The molecule has 2 aliphatic heterocycles. The van der Waals surface area contributed by atoms with E-state index in [1.807, 2.05) is 4.90 Å². The molecule has 0 radical (unpaired) electrons. The van der Waals surface area contributed by atoms with E-state index in [9.17, 15) is 13.2 Å². The van der Waals surface area contributed by atoms with Gasteiger partial charge in [-0.05, 0) is 6.07 Å². The van der Waals surface area contributed by atoms with Gasteiger partial charge in [0, 0.05) is 44.5 Å². The minimum Gasteiger partial charge on any atom is -0.349 e. The van der Waals surface area contributed by atoms with Crippen molar-refractivity contribution in [2.45, 2.75) is 18.6 Å². The number of rotatable bonds is 0. The van der Waals surface area contributed by atoms with Gasteiger partial charge in [0.15, 0.2) is 5.82 Å². The van der Waals surface area contributed by atoms with Crippen LogP contribution in [-0.2, 0) is 6.18 Å². The summed E-state index contributed by atoms with van der Waals surface area (Å²) < 4.78 is 38.0. The normalized spacial score (nSPS) is 22.7. The lowest BCUT2D eigenvalue weighted by atomic mass is 10.1. The number of hydrogen-bond acceptors (Lipinski definition) is 4. The Labute approximate surface area is 108 Å². The van der Waals surface area contributed by atoms with Crippen LogP contribution in [-0.4, -0.2) is 36.9 Å². The van der Waals surface area contributed by atoms with Gasteiger partial charge in [0.1, 0.15) is 5.69 Å². The molecule has 0 spiro atoms. The Balaban J connectivity index is 2.03. The zero-order valence-corrected chi connectivity index (χ0v) is 10.1. The van der Waals surface area contributed by atoms with Crippen LogP contribution in [0.2, 0.25) is 0 Å². The summed E-state index contributed by atoms with van der Waals surface area (Å²) in [5, 5.41) is 3.27. The summed E-state index contributed by atoms with van der Waals surface area (Å²) in [6.45, 7) is 2.34. The van der Waals surface area contributed by atoms with E-state index < -0.39 is 11.7 Å². The molecule has 0 bridgehead atoms. The molecule has 0 saturated carbocycles. The first-order chi connectivity index (χ1) is 9.05. The molecule has 1 N–H and O–H groups in total. The van der Waals surface area contributed by atoms with Gasteiger partial charge in [-0.2, -0.15) is 13.2 Å². The highest BCUT2D eigenvalue weighted by molar-refractivity contribution is 5.75. The van der Waals surface area contributed by atoms with Crippen LogP contribution in [0.15, 0.2) is 17.3 Å². The van der Waals surface area contributed by atoms with Gasteiger partial charge < -0.3 is 10.2 Å². The minimum absolute atomic E-state index is 0.211. The second-order valence-corrected chi connectivity index (χ2v) is 4.66. The van der Waals surface area contributed by atoms with Crippen LogP contribution in [0.5, 0.6) is 0 Å². The van der Waals surface area contributed by atoms with Crippen molar-refractivity contribution in [2.75, 3.05) is 24.5 Å². The van der Waals surface area contributed by atoms with E-state index in [2.05, 4.69) is 15.3 Å². The number of anilines is 1. The van der Waals surface area contributed by atoms with Gasteiger partial charge in [-0.15, -0.1) is 0 Å². The minimum atomic E-state index is -4.38. The van der Waals surface area contributed by atoms with E-state index in [4.69, 9.17) is 0 Å². The van der Waals surface area contributed by atoms with Gasteiger partial charge in [-0.25, -0.2) is 4.98 Å². The number of pyridine rings is 1. The van der Waals surface area contributed by atoms with Crippen LogP contribution in [0.3, 0.4) is 0 Å². The molecule has 19 heavy (non-hydrogen) atoms. The highest BCUT2D eigenvalue weighted by atomic mass is 19.4. The Morgan fingerprint density at radius 3 is 3.00 bits per heavy atom. The SMILES string of the molecule is FC(F)(F)c1cnc2c(c1)N=CCC1CNCCN21. The maximum Gasteiger partial charge on any atom is 0.417 e. The molecule has 2 aliphatic rings. The molecule has 0 aliphatic carbocycles. The van der Waals surface area contributed by atoms with Crippen molar-refractivity contribution in [3.63, 3.8) is 0 Å². The largest absolute Gasteiger partial charge is 0.417 e. The maximum absolute atomic E-state index is 12.7. The van der Waals surface area contributed by atoms with Gasteiger partial charge in [0.05, 0.1) is 5.56 Å². The molecule has 1 aromatic heterocycles. The van der Waals surface area contributed by atoms with E-state index in [-0.39, 0.29) is 6.04 Å². The lowest BCUT2D eigenvalue weighted by Crippen LogP contribution is -2.51. The lowest BCUT2D eigenvalue weighted by Gasteiger charge is -2.36. The first-order valence-electron chi connectivity index (χ1n) is 6.13. The van der Waals surface area contributed by atoms with Crippen molar-refractivity contribution in [3.8, 4) is 0 Å². The predicted molar refractivity (Wildman–Crippen MR) is 66.0 cm³/mol. The Bertz CT molecular complexity index is 512. The van der Waals surface area contributed by atoms with Crippen LogP contribution in [0, 0.1) is 0 Å². The van der Waals surface area contributed by atoms with Crippen molar-refractivity contribution in [2.24, 2.45) is 4.99 Å². The van der Waals surface area contributed by atoms with Crippen molar-refractivity contribution in [1.29, 1.82) is 0 Å². The summed E-state index contributed by atoms with van der Waals surface area (Å²) in [6, 6.07) is 1.28. The fourth-order valence-corrected chi connectivity index (χ4v) is 2.44. The molecule has 102 valence electrons. The number of piperazine rings is 1. The Kier molecular flexibility index (Phi) is 2.93. The van der Waals surface area contributed by atoms with E-state index in [1.165, 1.54) is 0 Å². The maximum atomic E-state index is 12.7. The highest BCUT2D eigenvalue weighted by Crippen LogP contribution is 2.36. The van der Waals surface area contributed by atoms with Gasteiger partial charge in [-0.3, -0.25) is 4.99 Å². The number of halogens is 3. The van der Waals surface area contributed by atoms with Crippen LogP contribution in [0.4, 0.5) is 24.7 Å². The summed E-state index contributed by atoms with van der Waals surface area (Å²) in [6.07, 6.45) is -1.10. The van der Waals surface area contributed by atoms with Gasteiger partial charge in [-0.1, -0.05) is 0 Å². The number of fused-ring (bicyclic) bond motifs is 3. The topological polar surface area (TPSA) is 40.5 Å². The zero-order valence-electron chi connectivity index (χ0n) is 10.1. The van der Waals surface area contributed by atoms with Gasteiger partial charge in [0.25, 0.3) is 0 Å². The van der Waals surface area contributed by atoms with E-state index >= 15 is 0 Å². The fraction of sp³-hybridized carbons (Fsp3) is 0.500. The number of nitrogens with one attached hydrogen (secondary N) is 1. The van der Waals surface area contributed by atoms with Crippen molar-refractivity contribution >= 4 is 17.7 Å². The number of aromatic nitrogens is 1. The summed E-state index contributed by atoms with van der Waals surface area (Å²) in [5.41, 5.74) is -0.448. The molecule has 0 amide bonds. The van der Waals surface area contributed by atoms with Crippen molar-refractivity contribution < 1.29 is 13.2 Å². The van der Waals surface area contributed by atoms with Crippen molar-refractivity contribution in [1.82, 2.24) is 10.3 Å². The molecule has 7 heteroatoms. The molecule has 1 atom stereocenters. The van der Waals surface area contributed by atoms with Crippen LogP contribution >= 0.6 is 0 Å². The smallest absolute Gasteiger partial charge is 0.349 e. The number of alkyl halides is 3. The Morgan fingerprint density at radius 1 is 1.37 bits per heavy atom. The molecule has 3 heterocycles. The first kappa shape index (κ1) is 12.4. The third-order valence-electron chi connectivity index (χ3n) is 3.40. The zero-order chi connectivity index (χ0) is 13.5. The number of nitrogens with zero attached hydrogens (tertiary/aromatic N) is 3. The van der Waals surface area contributed by atoms with Crippen LogP contribution < -0.4 is 10.2 Å². The second kappa shape index (κ2) is 4.48. The van der Waals surface area contributed by atoms with Crippen LogP contribution in [0.1, 0.15) is 12.0 Å².